The second-order valence-electron chi connectivity index (χ2n) is 7.23. The highest BCUT2D eigenvalue weighted by atomic mass is 16.5. The second-order valence-corrected chi connectivity index (χ2v) is 7.23. The highest BCUT2D eigenvalue weighted by molar-refractivity contribution is 5.94. The Morgan fingerprint density at radius 2 is 1.96 bits per heavy atom. The number of aromatic nitrogens is 2. The molecule has 146 valence electrons. The number of nitrogens with zero attached hydrogens (tertiary/aromatic N) is 3. The normalized spacial score (nSPS) is 14.1. The number of hydrogen-bond acceptors (Lipinski definition) is 5. The van der Waals surface area contributed by atoms with Gasteiger partial charge in [0.05, 0.1) is 38.7 Å². The van der Waals surface area contributed by atoms with Crippen molar-refractivity contribution in [1.82, 2.24) is 20.0 Å². The molecule has 1 aliphatic rings. The van der Waals surface area contributed by atoms with Crippen molar-refractivity contribution in [3.05, 3.63) is 41.2 Å². The fourth-order valence-corrected chi connectivity index (χ4v) is 3.39. The van der Waals surface area contributed by atoms with Crippen molar-refractivity contribution in [1.29, 1.82) is 0 Å². The number of carbonyl (C=O) groups is 1. The fraction of sp³-hybridized carbons (Fsp3) is 0.500. The van der Waals surface area contributed by atoms with E-state index < -0.39 is 0 Å². The maximum atomic E-state index is 12.5. The van der Waals surface area contributed by atoms with Crippen molar-refractivity contribution < 1.29 is 14.3 Å². The molecule has 1 aliphatic heterocycles. The third-order valence-electron chi connectivity index (χ3n) is 4.63. The summed E-state index contributed by atoms with van der Waals surface area (Å²) in [4.78, 5) is 14.9. The maximum Gasteiger partial charge on any atom is 0.251 e. The molecule has 0 spiro atoms. The van der Waals surface area contributed by atoms with Gasteiger partial charge in [0, 0.05) is 25.2 Å². The summed E-state index contributed by atoms with van der Waals surface area (Å²) in [5, 5.41) is 7.55. The molecule has 0 saturated carbocycles. The van der Waals surface area contributed by atoms with Crippen molar-refractivity contribution in [2.45, 2.75) is 33.5 Å². The number of hydrogen-bond donors (Lipinski definition) is 1. The van der Waals surface area contributed by atoms with Crippen LogP contribution in [0.1, 0.15) is 35.6 Å². The van der Waals surface area contributed by atoms with Crippen LogP contribution in [0, 0.1) is 5.92 Å². The maximum absolute atomic E-state index is 12.5. The number of benzene rings is 1. The molecule has 0 atom stereocenters. The van der Waals surface area contributed by atoms with E-state index in [9.17, 15) is 4.79 Å². The van der Waals surface area contributed by atoms with Crippen LogP contribution in [0.4, 0.5) is 0 Å². The number of nitrogens with one attached hydrogen (secondary N) is 1. The van der Waals surface area contributed by atoms with Crippen LogP contribution in [-0.4, -0.2) is 47.9 Å². The summed E-state index contributed by atoms with van der Waals surface area (Å²) < 4.78 is 12.5. The molecule has 2 heterocycles. The largest absolute Gasteiger partial charge is 0.493 e. The quantitative estimate of drug-likeness (QED) is 0.808. The topological polar surface area (TPSA) is 68.6 Å². The minimum atomic E-state index is -0.164. The lowest BCUT2D eigenvalue weighted by atomic mass is 10.2. The summed E-state index contributed by atoms with van der Waals surface area (Å²) in [6.07, 6.45) is 0. The minimum Gasteiger partial charge on any atom is -0.493 e. The third-order valence-corrected chi connectivity index (χ3v) is 4.63. The lowest BCUT2D eigenvalue weighted by Crippen LogP contribution is -2.36. The van der Waals surface area contributed by atoms with Crippen LogP contribution in [0.25, 0.3) is 0 Å². The van der Waals surface area contributed by atoms with E-state index in [1.54, 1.807) is 32.4 Å². The molecule has 27 heavy (non-hydrogen) atoms. The zero-order valence-electron chi connectivity index (χ0n) is 16.5. The molecule has 0 unspecified atom stereocenters. The van der Waals surface area contributed by atoms with Gasteiger partial charge in [0.25, 0.3) is 5.91 Å². The molecule has 0 saturated heterocycles. The molecule has 0 bridgehead atoms. The highest BCUT2D eigenvalue weighted by Gasteiger charge is 2.19. The van der Waals surface area contributed by atoms with E-state index in [2.05, 4.69) is 39.9 Å². The summed E-state index contributed by atoms with van der Waals surface area (Å²) in [6, 6.07) is 7.21. The van der Waals surface area contributed by atoms with Crippen molar-refractivity contribution >= 4 is 5.91 Å². The van der Waals surface area contributed by atoms with Crippen LogP contribution in [0.2, 0.25) is 0 Å². The summed E-state index contributed by atoms with van der Waals surface area (Å²) in [5.74, 6) is 1.62. The van der Waals surface area contributed by atoms with Gasteiger partial charge in [0.1, 0.15) is 0 Å². The molecule has 0 aliphatic carbocycles. The molecule has 3 rings (SSSR count). The van der Waals surface area contributed by atoms with E-state index in [4.69, 9.17) is 9.47 Å². The molecule has 7 heteroatoms. The van der Waals surface area contributed by atoms with Gasteiger partial charge in [-0.1, -0.05) is 13.8 Å². The van der Waals surface area contributed by atoms with Gasteiger partial charge < -0.3 is 14.8 Å². The lowest BCUT2D eigenvalue weighted by Gasteiger charge is -2.28. The van der Waals surface area contributed by atoms with Crippen molar-refractivity contribution in [3.63, 3.8) is 0 Å². The first kappa shape index (κ1) is 19.2. The molecule has 2 aromatic rings. The first-order chi connectivity index (χ1) is 13.0. The first-order valence-electron chi connectivity index (χ1n) is 9.28. The smallest absolute Gasteiger partial charge is 0.251 e. The van der Waals surface area contributed by atoms with Gasteiger partial charge in [-0.2, -0.15) is 5.10 Å². The van der Waals surface area contributed by atoms with Crippen LogP contribution in [0.3, 0.4) is 0 Å². The molecule has 1 aromatic carbocycles. The van der Waals surface area contributed by atoms with Crippen LogP contribution in [0.15, 0.2) is 24.3 Å². The SMILES string of the molecule is COc1ccc(C(=O)NCc2cc3n(n2)CCN(CC(C)C)C3)cc1OC. The predicted molar refractivity (Wildman–Crippen MR) is 103 cm³/mol. The van der Waals surface area contributed by atoms with Crippen LogP contribution in [0.5, 0.6) is 11.5 Å². The van der Waals surface area contributed by atoms with Gasteiger partial charge in [0.15, 0.2) is 11.5 Å². The average molecular weight is 372 g/mol. The number of amides is 1. The Hall–Kier alpha value is -2.54. The fourth-order valence-electron chi connectivity index (χ4n) is 3.39. The van der Waals surface area contributed by atoms with E-state index >= 15 is 0 Å². The Morgan fingerprint density at radius 3 is 2.67 bits per heavy atom. The van der Waals surface area contributed by atoms with Crippen molar-refractivity contribution in [2.24, 2.45) is 5.92 Å². The van der Waals surface area contributed by atoms with Gasteiger partial charge in [-0.3, -0.25) is 14.4 Å². The van der Waals surface area contributed by atoms with Gasteiger partial charge in [-0.25, -0.2) is 0 Å². The zero-order valence-corrected chi connectivity index (χ0v) is 16.5. The van der Waals surface area contributed by atoms with E-state index in [0.717, 1.165) is 31.9 Å². The summed E-state index contributed by atoms with van der Waals surface area (Å²) >= 11 is 0. The zero-order chi connectivity index (χ0) is 19.4. The summed E-state index contributed by atoms with van der Waals surface area (Å²) in [5.41, 5.74) is 2.61. The molecular formula is C20H28N4O3. The number of carbonyl (C=O) groups excluding carboxylic acids is 1. The van der Waals surface area contributed by atoms with E-state index in [1.807, 2.05) is 0 Å². The van der Waals surface area contributed by atoms with Crippen LogP contribution in [-0.2, 0) is 19.6 Å². The molecule has 1 amide bonds. The molecule has 7 nitrogen and oxygen atoms in total. The van der Waals surface area contributed by atoms with Gasteiger partial charge in [-0.05, 0) is 30.2 Å². The lowest BCUT2D eigenvalue weighted by molar-refractivity contribution is 0.0950. The minimum absolute atomic E-state index is 0.164. The number of ether oxygens (including phenoxy) is 2. The Bertz CT molecular complexity index is 801. The Morgan fingerprint density at radius 1 is 1.19 bits per heavy atom. The Kier molecular flexibility index (Phi) is 6.01. The summed E-state index contributed by atoms with van der Waals surface area (Å²) in [7, 11) is 3.12. The number of methoxy groups -OCH3 is 2. The van der Waals surface area contributed by atoms with E-state index in [-0.39, 0.29) is 5.91 Å². The van der Waals surface area contributed by atoms with E-state index in [0.29, 0.717) is 29.5 Å². The number of fused-ring (bicyclic) bond motifs is 1. The molecular weight excluding hydrogens is 344 g/mol. The summed E-state index contributed by atoms with van der Waals surface area (Å²) in [6.45, 7) is 8.79. The highest BCUT2D eigenvalue weighted by Crippen LogP contribution is 2.27. The molecule has 1 aromatic heterocycles. The molecule has 1 N–H and O–H groups in total. The van der Waals surface area contributed by atoms with Crippen LogP contribution < -0.4 is 14.8 Å². The van der Waals surface area contributed by atoms with Crippen molar-refractivity contribution in [3.8, 4) is 11.5 Å². The second kappa shape index (κ2) is 8.43. The Balaban J connectivity index is 1.61. The van der Waals surface area contributed by atoms with E-state index in [1.165, 1.54) is 5.69 Å². The van der Waals surface area contributed by atoms with Crippen molar-refractivity contribution in [2.75, 3.05) is 27.3 Å². The predicted octanol–water partition coefficient (Wildman–Crippen LogP) is 2.30. The third kappa shape index (κ3) is 4.60. The molecule has 0 fully saturated rings. The monoisotopic (exact) mass is 372 g/mol. The van der Waals surface area contributed by atoms with Crippen LogP contribution >= 0.6 is 0 Å². The van der Waals surface area contributed by atoms with Gasteiger partial charge >= 0.3 is 0 Å². The Labute approximate surface area is 160 Å². The average Bonchev–Trinajstić information content (AvgIpc) is 3.07. The van der Waals surface area contributed by atoms with Gasteiger partial charge in [-0.15, -0.1) is 0 Å². The first-order valence-corrected chi connectivity index (χ1v) is 9.28. The molecule has 0 radical (unpaired) electrons. The number of rotatable bonds is 7. The standard InChI is InChI=1S/C20H28N4O3/c1-14(2)12-23-7-8-24-17(13-23)10-16(22-24)11-21-20(25)15-5-6-18(26-3)19(9-15)27-4/h5-6,9-10,14H,7-8,11-13H2,1-4H3,(H,21,25). The van der Waals surface area contributed by atoms with Gasteiger partial charge in [0.2, 0.25) is 0 Å².